The molecule has 0 aliphatic carbocycles. The summed E-state index contributed by atoms with van der Waals surface area (Å²) in [5, 5.41) is 11.8. The molecule has 1 heterocycles. The number of carbonyl (C=O) groups is 1. The zero-order chi connectivity index (χ0) is 13.9. The maximum atomic E-state index is 12.2. The summed E-state index contributed by atoms with van der Waals surface area (Å²) in [7, 11) is 0. The summed E-state index contributed by atoms with van der Waals surface area (Å²) < 4.78 is 0. The first-order valence-electron chi connectivity index (χ1n) is 5.97. The molecule has 0 bridgehead atoms. The summed E-state index contributed by atoms with van der Waals surface area (Å²) in [6, 6.07) is 11.2. The summed E-state index contributed by atoms with van der Waals surface area (Å²) in [5.74, 6) is -0.216. The molecule has 1 amide bonds. The zero-order valence-electron chi connectivity index (χ0n) is 10.4. The first kappa shape index (κ1) is 12.0. The number of anilines is 2. The quantitative estimate of drug-likeness (QED) is 0.690. The number of aromatic nitrogens is 3. The molecule has 0 atom stereocenters. The van der Waals surface area contributed by atoms with Gasteiger partial charge in [-0.25, -0.2) is 4.98 Å². The van der Waals surface area contributed by atoms with Crippen molar-refractivity contribution in [3.05, 3.63) is 54.4 Å². The molecule has 6 nitrogen and oxygen atoms in total. The van der Waals surface area contributed by atoms with Crippen LogP contribution in [-0.4, -0.2) is 21.1 Å². The lowest BCUT2D eigenvalue weighted by atomic mass is 10.0. The fourth-order valence-electron chi connectivity index (χ4n) is 1.93. The Morgan fingerprint density at radius 2 is 1.85 bits per heavy atom. The van der Waals surface area contributed by atoms with E-state index in [1.807, 2.05) is 24.3 Å². The van der Waals surface area contributed by atoms with Gasteiger partial charge in [-0.05, 0) is 22.9 Å². The van der Waals surface area contributed by atoms with Crippen LogP contribution in [0.4, 0.5) is 11.6 Å². The number of fused-ring (bicyclic) bond motifs is 1. The molecule has 0 radical (unpaired) electrons. The van der Waals surface area contributed by atoms with Crippen molar-refractivity contribution >= 4 is 28.3 Å². The van der Waals surface area contributed by atoms with Crippen LogP contribution >= 0.6 is 0 Å². The van der Waals surface area contributed by atoms with Crippen LogP contribution < -0.4 is 11.1 Å². The standard InChI is InChI=1S/C14H11N5O/c15-12-8-10-4-2-1-3-9(10)7-11(12)13(20)18-14-16-5-6-17-19-14/h1-8H,15H2,(H,16,18,19,20). The lowest BCUT2D eigenvalue weighted by molar-refractivity contribution is 0.102. The highest BCUT2D eigenvalue weighted by molar-refractivity contribution is 6.09. The van der Waals surface area contributed by atoms with Crippen LogP contribution in [0.2, 0.25) is 0 Å². The van der Waals surface area contributed by atoms with Crippen LogP contribution in [-0.2, 0) is 0 Å². The molecule has 6 heteroatoms. The molecule has 0 spiro atoms. The van der Waals surface area contributed by atoms with Gasteiger partial charge >= 0.3 is 0 Å². The second-order valence-corrected chi connectivity index (χ2v) is 4.21. The van der Waals surface area contributed by atoms with Crippen LogP contribution in [0.25, 0.3) is 10.8 Å². The van der Waals surface area contributed by atoms with Crippen molar-refractivity contribution in [3.63, 3.8) is 0 Å². The van der Waals surface area contributed by atoms with Crippen molar-refractivity contribution in [2.75, 3.05) is 11.1 Å². The maximum Gasteiger partial charge on any atom is 0.260 e. The second kappa shape index (κ2) is 4.93. The van der Waals surface area contributed by atoms with Gasteiger partial charge in [-0.3, -0.25) is 10.1 Å². The minimum Gasteiger partial charge on any atom is -0.398 e. The van der Waals surface area contributed by atoms with E-state index in [0.29, 0.717) is 11.3 Å². The average molecular weight is 265 g/mol. The van der Waals surface area contributed by atoms with E-state index in [1.54, 1.807) is 12.1 Å². The van der Waals surface area contributed by atoms with Crippen LogP contribution in [0.5, 0.6) is 0 Å². The summed E-state index contributed by atoms with van der Waals surface area (Å²) in [4.78, 5) is 16.1. The molecule has 0 saturated heterocycles. The fraction of sp³-hybridized carbons (Fsp3) is 0. The van der Waals surface area contributed by atoms with Crippen molar-refractivity contribution in [2.45, 2.75) is 0 Å². The molecule has 0 fully saturated rings. The van der Waals surface area contributed by atoms with Crippen LogP contribution in [0.3, 0.4) is 0 Å². The third-order valence-electron chi connectivity index (χ3n) is 2.87. The number of benzene rings is 2. The molecule has 98 valence electrons. The highest BCUT2D eigenvalue weighted by Gasteiger charge is 2.12. The molecule has 0 saturated carbocycles. The third kappa shape index (κ3) is 2.26. The predicted octanol–water partition coefficient (Wildman–Crippen LogP) is 1.86. The van der Waals surface area contributed by atoms with E-state index in [4.69, 9.17) is 5.73 Å². The summed E-state index contributed by atoms with van der Waals surface area (Å²) in [6.45, 7) is 0. The minimum absolute atomic E-state index is 0.144. The van der Waals surface area contributed by atoms with E-state index in [-0.39, 0.29) is 11.9 Å². The van der Waals surface area contributed by atoms with Gasteiger partial charge in [0.05, 0.1) is 18.0 Å². The minimum atomic E-state index is -0.360. The van der Waals surface area contributed by atoms with E-state index >= 15 is 0 Å². The molecule has 1 aromatic heterocycles. The number of nitrogens with zero attached hydrogens (tertiary/aromatic N) is 3. The fourth-order valence-corrected chi connectivity index (χ4v) is 1.93. The molecule has 2 aromatic carbocycles. The number of hydrogen-bond donors (Lipinski definition) is 2. The topological polar surface area (TPSA) is 93.8 Å². The van der Waals surface area contributed by atoms with Gasteiger partial charge in [0.1, 0.15) is 0 Å². The van der Waals surface area contributed by atoms with Gasteiger partial charge in [0.25, 0.3) is 5.91 Å². The van der Waals surface area contributed by atoms with E-state index < -0.39 is 0 Å². The number of amides is 1. The molecule has 0 aliphatic rings. The number of nitrogens with one attached hydrogen (secondary N) is 1. The first-order valence-corrected chi connectivity index (χ1v) is 5.97. The third-order valence-corrected chi connectivity index (χ3v) is 2.87. The number of hydrogen-bond acceptors (Lipinski definition) is 5. The SMILES string of the molecule is Nc1cc2ccccc2cc1C(=O)Nc1nccnn1. The first-order chi connectivity index (χ1) is 9.74. The maximum absolute atomic E-state index is 12.2. The molecular formula is C14H11N5O. The van der Waals surface area contributed by atoms with Crippen molar-refractivity contribution in [3.8, 4) is 0 Å². The summed E-state index contributed by atoms with van der Waals surface area (Å²) in [5.41, 5.74) is 6.72. The predicted molar refractivity (Wildman–Crippen MR) is 76.1 cm³/mol. The van der Waals surface area contributed by atoms with Gasteiger partial charge in [0.2, 0.25) is 5.95 Å². The van der Waals surface area contributed by atoms with E-state index in [2.05, 4.69) is 20.5 Å². The molecule has 3 rings (SSSR count). The van der Waals surface area contributed by atoms with Crippen molar-refractivity contribution in [1.82, 2.24) is 15.2 Å². The smallest absolute Gasteiger partial charge is 0.260 e. The van der Waals surface area contributed by atoms with Gasteiger partial charge in [0, 0.05) is 5.69 Å². The van der Waals surface area contributed by atoms with Crippen LogP contribution in [0.15, 0.2) is 48.8 Å². The number of nitrogens with two attached hydrogens (primary N) is 1. The Labute approximate surface area is 114 Å². The highest BCUT2D eigenvalue weighted by atomic mass is 16.1. The summed E-state index contributed by atoms with van der Waals surface area (Å²) in [6.07, 6.45) is 2.88. The normalized spacial score (nSPS) is 10.4. The molecule has 3 N–H and O–H groups in total. The van der Waals surface area contributed by atoms with Crippen LogP contribution in [0, 0.1) is 0 Å². The lowest BCUT2D eigenvalue weighted by Crippen LogP contribution is -2.16. The Morgan fingerprint density at radius 1 is 1.10 bits per heavy atom. The van der Waals surface area contributed by atoms with Crippen molar-refractivity contribution in [1.29, 1.82) is 0 Å². The van der Waals surface area contributed by atoms with Gasteiger partial charge in [0.15, 0.2) is 0 Å². The van der Waals surface area contributed by atoms with E-state index in [9.17, 15) is 4.79 Å². The van der Waals surface area contributed by atoms with Gasteiger partial charge in [-0.15, -0.1) is 5.10 Å². The Balaban J connectivity index is 1.97. The Kier molecular flexibility index (Phi) is 2.96. The Hall–Kier alpha value is -3.02. The van der Waals surface area contributed by atoms with Gasteiger partial charge < -0.3 is 5.73 Å². The van der Waals surface area contributed by atoms with Crippen molar-refractivity contribution in [2.24, 2.45) is 0 Å². The second-order valence-electron chi connectivity index (χ2n) is 4.21. The Morgan fingerprint density at radius 3 is 2.55 bits per heavy atom. The average Bonchev–Trinajstić information content (AvgIpc) is 2.47. The lowest BCUT2D eigenvalue weighted by Gasteiger charge is -2.07. The van der Waals surface area contributed by atoms with Gasteiger partial charge in [-0.2, -0.15) is 5.10 Å². The highest BCUT2D eigenvalue weighted by Crippen LogP contribution is 2.22. The summed E-state index contributed by atoms with van der Waals surface area (Å²) >= 11 is 0. The number of rotatable bonds is 2. The largest absolute Gasteiger partial charge is 0.398 e. The van der Waals surface area contributed by atoms with E-state index in [1.165, 1.54) is 12.4 Å². The van der Waals surface area contributed by atoms with Crippen LogP contribution in [0.1, 0.15) is 10.4 Å². The molecule has 0 unspecified atom stereocenters. The molecule has 0 aliphatic heterocycles. The number of nitrogen functional groups attached to an aromatic ring is 1. The van der Waals surface area contributed by atoms with Gasteiger partial charge in [-0.1, -0.05) is 24.3 Å². The zero-order valence-corrected chi connectivity index (χ0v) is 10.4. The molecular weight excluding hydrogens is 254 g/mol. The monoisotopic (exact) mass is 265 g/mol. The molecule has 20 heavy (non-hydrogen) atoms. The van der Waals surface area contributed by atoms with E-state index in [0.717, 1.165) is 10.8 Å². The Bertz CT molecular complexity index is 773. The number of carbonyl (C=O) groups excluding carboxylic acids is 1. The van der Waals surface area contributed by atoms with Crippen molar-refractivity contribution < 1.29 is 4.79 Å². The molecule has 3 aromatic rings.